The number of aromatic nitrogens is 4. The van der Waals surface area contributed by atoms with Crippen LogP contribution in [-0.2, 0) is 17.8 Å². The van der Waals surface area contributed by atoms with Gasteiger partial charge in [-0.3, -0.25) is 4.79 Å². The molecule has 0 aliphatic heterocycles. The number of hydrogen-bond donors (Lipinski definition) is 0. The molecule has 1 amide bonds. The van der Waals surface area contributed by atoms with Crippen molar-refractivity contribution >= 4 is 35.0 Å². The number of nitrogens with zero attached hydrogens (tertiary/aromatic N) is 5. The maximum Gasteiger partial charge on any atom is 0.253 e. The molecular formula is C26H27ClFN5OS. The summed E-state index contributed by atoms with van der Waals surface area (Å²) in [5.41, 5.74) is 3.90. The van der Waals surface area contributed by atoms with E-state index < -0.39 is 0 Å². The molecule has 0 N–H and O–H groups in total. The lowest BCUT2D eigenvalue weighted by atomic mass is 10.0. The summed E-state index contributed by atoms with van der Waals surface area (Å²) >= 11 is 7.53. The van der Waals surface area contributed by atoms with Gasteiger partial charge < -0.3 is 4.90 Å². The maximum absolute atomic E-state index is 14.4. The van der Waals surface area contributed by atoms with Crippen LogP contribution in [0.2, 0.25) is 5.02 Å². The van der Waals surface area contributed by atoms with Gasteiger partial charge in [0.15, 0.2) is 0 Å². The second-order valence-corrected chi connectivity index (χ2v) is 9.98. The van der Waals surface area contributed by atoms with Crippen LogP contribution in [0.15, 0.2) is 53.7 Å². The fourth-order valence-corrected chi connectivity index (χ4v) is 4.87. The number of thioether (sulfide) groups is 1. The summed E-state index contributed by atoms with van der Waals surface area (Å²) < 4.78 is 16.0. The zero-order chi connectivity index (χ0) is 25.1. The quantitative estimate of drug-likeness (QED) is 0.286. The van der Waals surface area contributed by atoms with E-state index in [1.807, 2.05) is 62.9 Å². The van der Waals surface area contributed by atoms with E-state index in [4.69, 9.17) is 11.6 Å². The van der Waals surface area contributed by atoms with Gasteiger partial charge in [0.1, 0.15) is 5.82 Å². The predicted octanol–water partition coefficient (Wildman–Crippen LogP) is 5.65. The normalized spacial score (nSPS) is 11.4. The van der Waals surface area contributed by atoms with Crippen LogP contribution < -0.4 is 0 Å². The lowest BCUT2D eigenvalue weighted by Crippen LogP contribution is -2.37. The lowest BCUT2D eigenvalue weighted by Gasteiger charge is -2.26. The minimum absolute atomic E-state index is 0.0171. The Kier molecular flexibility index (Phi) is 7.72. The molecule has 2 heterocycles. The number of amides is 1. The van der Waals surface area contributed by atoms with Crippen molar-refractivity contribution in [2.75, 3.05) is 5.75 Å². The molecule has 0 spiro atoms. The minimum Gasteiger partial charge on any atom is -0.335 e. The molecule has 0 aliphatic carbocycles. The van der Waals surface area contributed by atoms with Crippen LogP contribution in [0.5, 0.6) is 0 Å². The number of carbonyl (C=O) groups is 1. The van der Waals surface area contributed by atoms with E-state index in [0.717, 1.165) is 22.5 Å². The molecular weight excluding hydrogens is 485 g/mol. The summed E-state index contributed by atoms with van der Waals surface area (Å²) in [6, 6.07) is 14.7. The van der Waals surface area contributed by atoms with Gasteiger partial charge in [-0.2, -0.15) is 4.98 Å². The van der Waals surface area contributed by atoms with Crippen LogP contribution in [0, 0.1) is 19.7 Å². The fraction of sp³-hybridized carbons (Fsp3) is 0.308. The van der Waals surface area contributed by atoms with Crippen molar-refractivity contribution < 1.29 is 9.18 Å². The van der Waals surface area contributed by atoms with Crippen molar-refractivity contribution in [3.8, 4) is 0 Å². The van der Waals surface area contributed by atoms with Crippen molar-refractivity contribution in [3.63, 3.8) is 0 Å². The summed E-state index contributed by atoms with van der Waals surface area (Å²) in [4.78, 5) is 23.9. The van der Waals surface area contributed by atoms with E-state index >= 15 is 0 Å². The van der Waals surface area contributed by atoms with E-state index in [1.54, 1.807) is 16.6 Å². The van der Waals surface area contributed by atoms with Gasteiger partial charge >= 0.3 is 0 Å². The first-order valence-electron chi connectivity index (χ1n) is 11.4. The largest absolute Gasteiger partial charge is 0.335 e. The van der Waals surface area contributed by atoms with Crippen LogP contribution in [0.4, 0.5) is 4.39 Å². The number of fused-ring (bicyclic) bond motifs is 1. The fourth-order valence-electron chi connectivity index (χ4n) is 3.93. The summed E-state index contributed by atoms with van der Waals surface area (Å²) in [7, 11) is 0. The number of aryl methyl sites for hydroxylation is 2. The molecule has 35 heavy (non-hydrogen) atoms. The summed E-state index contributed by atoms with van der Waals surface area (Å²) in [6.07, 6.45) is 0.301. The van der Waals surface area contributed by atoms with Gasteiger partial charge in [0.2, 0.25) is 11.1 Å². The van der Waals surface area contributed by atoms with Crippen molar-refractivity contribution in [2.45, 2.75) is 51.9 Å². The lowest BCUT2D eigenvalue weighted by molar-refractivity contribution is -0.130. The molecule has 0 atom stereocenters. The van der Waals surface area contributed by atoms with Gasteiger partial charge in [0.25, 0.3) is 5.78 Å². The van der Waals surface area contributed by atoms with Crippen LogP contribution in [0.3, 0.4) is 0 Å². The maximum atomic E-state index is 14.4. The van der Waals surface area contributed by atoms with Crippen molar-refractivity contribution in [2.24, 2.45) is 0 Å². The van der Waals surface area contributed by atoms with Crippen LogP contribution in [0.25, 0.3) is 5.78 Å². The van der Waals surface area contributed by atoms with Gasteiger partial charge in [-0.05, 0) is 51.0 Å². The highest BCUT2D eigenvalue weighted by atomic mass is 35.5. The Balaban J connectivity index is 1.52. The summed E-state index contributed by atoms with van der Waals surface area (Å²) in [5.74, 6) is 0.333. The topological polar surface area (TPSA) is 63.4 Å². The zero-order valence-corrected chi connectivity index (χ0v) is 21.7. The highest BCUT2D eigenvalue weighted by Crippen LogP contribution is 2.26. The molecule has 4 rings (SSSR count). The molecule has 0 fully saturated rings. The van der Waals surface area contributed by atoms with Crippen molar-refractivity contribution in [1.29, 1.82) is 0 Å². The first-order chi connectivity index (χ1) is 16.7. The molecule has 0 unspecified atom stereocenters. The van der Waals surface area contributed by atoms with Gasteiger partial charge in [-0.25, -0.2) is 13.9 Å². The van der Waals surface area contributed by atoms with Crippen LogP contribution >= 0.6 is 23.4 Å². The number of carbonyl (C=O) groups excluding carboxylic acids is 1. The zero-order valence-electron chi connectivity index (χ0n) is 20.1. The molecule has 6 nitrogen and oxygen atoms in total. The molecule has 0 radical (unpaired) electrons. The highest BCUT2D eigenvalue weighted by Gasteiger charge is 2.20. The number of hydrogen-bond acceptors (Lipinski definition) is 5. The SMILES string of the molecule is Cc1nc2nc(SCC(=O)N(Cc3ccccc3)C(C)C)nn2c(C)c1Cc1c(F)cccc1Cl. The first kappa shape index (κ1) is 25.1. The Bertz CT molecular complexity index is 1340. The van der Waals surface area contributed by atoms with E-state index in [9.17, 15) is 9.18 Å². The average Bonchev–Trinajstić information content (AvgIpc) is 3.23. The van der Waals surface area contributed by atoms with E-state index in [2.05, 4.69) is 15.1 Å². The van der Waals surface area contributed by atoms with Gasteiger partial charge in [-0.15, -0.1) is 5.10 Å². The Hall–Kier alpha value is -2.97. The van der Waals surface area contributed by atoms with Crippen molar-refractivity contribution in [1.82, 2.24) is 24.5 Å². The molecule has 9 heteroatoms. The van der Waals surface area contributed by atoms with Crippen LogP contribution in [-0.4, -0.2) is 42.2 Å². The monoisotopic (exact) mass is 511 g/mol. The molecule has 0 saturated heterocycles. The summed E-state index contributed by atoms with van der Waals surface area (Å²) in [5, 5.41) is 5.42. The summed E-state index contributed by atoms with van der Waals surface area (Å²) in [6.45, 7) is 8.34. The number of benzene rings is 2. The molecule has 2 aromatic carbocycles. The molecule has 182 valence electrons. The second-order valence-electron chi connectivity index (χ2n) is 8.63. The van der Waals surface area contributed by atoms with Crippen molar-refractivity contribution in [3.05, 3.63) is 87.4 Å². The Morgan fingerprint density at radius 3 is 2.51 bits per heavy atom. The number of rotatable bonds is 8. The Labute approximate surface area is 213 Å². The highest BCUT2D eigenvalue weighted by molar-refractivity contribution is 7.99. The van der Waals surface area contributed by atoms with Gasteiger partial charge in [0.05, 0.1) is 5.75 Å². The standard InChI is InChI=1S/C26H27ClFN5OS/c1-16(2)32(14-19-9-6-5-7-10-19)24(34)15-35-26-30-25-29-17(3)20(18(4)33(25)31-26)13-21-22(27)11-8-12-23(21)28/h5-12,16H,13-15H2,1-4H3. The van der Waals surface area contributed by atoms with Gasteiger partial charge in [0, 0.05) is 41.0 Å². The average molecular weight is 512 g/mol. The van der Waals surface area contributed by atoms with Crippen LogP contribution in [0.1, 0.15) is 41.9 Å². The minimum atomic E-state index is -0.352. The molecule has 2 aromatic heterocycles. The molecule has 0 bridgehead atoms. The third-order valence-electron chi connectivity index (χ3n) is 5.91. The Morgan fingerprint density at radius 2 is 1.83 bits per heavy atom. The molecule has 0 saturated carbocycles. The third-order valence-corrected chi connectivity index (χ3v) is 7.09. The van der Waals surface area contributed by atoms with E-state index in [0.29, 0.717) is 34.5 Å². The van der Waals surface area contributed by atoms with Gasteiger partial charge in [-0.1, -0.05) is 59.8 Å². The predicted molar refractivity (Wildman–Crippen MR) is 137 cm³/mol. The Morgan fingerprint density at radius 1 is 1.09 bits per heavy atom. The first-order valence-corrected chi connectivity index (χ1v) is 12.7. The smallest absolute Gasteiger partial charge is 0.253 e. The number of halogens is 2. The molecule has 0 aliphatic rings. The molecule has 4 aromatic rings. The second kappa shape index (κ2) is 10.7. The third kappa shape index (κ3) is 5.65. The van der Waals surface area contributed by atoms with E-state index in [-0.39, 0.29) is 23.5 Å². The van der Waals surface area contributed by atoms with E-state index in [1.165, 1.54) is 17.8 Å².